The second-order valence-corrected chi connectivity index (χ2v) is 6.44. The van der Waals surface area contributed by atoms with Crippen molar-refractivity contribution in [2.24, 2.45) is 0 Å². The van der Waals surface area contributed by atoms with Gasteiger partial charge in [-0.3, -0.25) is 4.79 Å². The summed E-state index contributed by atoms with van der Waals surface area (Å²) in [5, 5.41) is 1.13. The van der Waals surface area contributed by atoms with Gasteiger partial charge < -0.3 is 4.57 Å². The fraction of sp³-hybridized carbons (Fsp3) is 0.333. The van der Waals surface area contributed by atoms with Crippen molar-refractivity contribution in [2.75, 3.05) is 5.75 Å². The van der Waals surface area contributed by atoms with Crippen LogP contribution in [0.15, 0.2) is 29.4 Å². The lowest BCUT2D eigenvalue weighted by molar-refractivity contribution is -0.141. The van der Waals surface area contributed by atoms with E-state index < -0.39 is 12.7 Å². The Labute approximate surface area is 140 Å². The standard InChI is InChI=1S/C15H14ClF3N2OS/c1-9-5-12(10(2)21(9)8-15(17,18)19)13(22)7-23-14-4-3-11(16)6-20-14/h3-6H,7-8H2,1-2H3. The maximum Gasteiger partial charge on any atom is 0.406 e. The number of aromatic nitrogens is 2. The molecular weight excluding hydrogens is 349 g/mol. The average Bonchev–Trinajstić information content (AvgIpc) is 2.73. The SMILES string of the molecule is Cc1cc(C(=O)CSc2ccc(Cl)cn2)c(C)n1CC(F)(F)F. The fourth-order valence-corrected chi connectivity index (χ4v) is 3.01. The summed E-state index contributed by atoms with van der Waals surface area (Å²) < 4.78 is 38.9. The van der Waals surface area contributed by atoms with Crippen molar-refractivity contribution in [3.8, 4) is 0 Å². The number of Topliss-reactive ketones (excluding diaryl/α,β-unsaturated/α-hetero) is 1. The van der Waals surface area contributed by atoms with Gasteiger partial charge in [0.15, 0.2) is 5.78 Å². The first-order chi connectivity index (χ1) is 10.7. The quantitative estimate of drug-likeness (QED) is 0.571. The normalized spacial score (nSPS) is 11.7. The number of nitrogens with zero attached hydrogens (tertiary/aromatic N) is 2. The van der Waals surface area contributed by atoms with Gasteiger partial charge in [0, 0.05) is 23.1 Å². The van der Waals surface area contributed by atoms with Crippen molar-refractivity contribution in [3.63, 3.8) is 0 Å². The highest BCUT2D eigenvalue weighted by Gasteiger charge is 2.30. The molecule has 0 aliphatic heterocycles. The van der Waals surface area contributed by atoms with E-state index in [2.05, 4.69) is 4.98 Å². The minimum atomic E-state index is -4.32. The highest BCUT2D eigenvalue weighted by Crippen LogP contribution is 2.25. The largest absolute Gasteiger partial charge is 0.406 e. The Balaban J connectivity index is 2.10. The third kappa shape index (κ3) is 4.75. The predicted octanol–water partition coefficient (Wildman–Crippen LogP) is 4.69. The van der Waals surface area contributed by atoms with Gasteiger partial charge in [0.25, 0.3) is 0 Å². The average molecular weight is 363 g/mol. The molecule has 0 fully saturated rings. The summed E-state index contributed by atoms with van der Waals surface area (Å²) in [6.07, 6.45) is -2.85. The predicted molar refractivity (Wildman–Crippen MR) is 84.3 cm³/mol. The lowest BCUT2D eigenvalue weighted by Gasteiger charge is -2.12. The monoisotopic (exact) mass is 362 g/mol. The van der Waals surface area contributed by atoms with Gasteiger partial charge in [0.2, 0.25) is 0 Å². The number of thioether (sulfide) groups is 1. The molecule has 0 unspecified atom stereocenters. The van der Waals surface area contributed by atoms with Crippen molar-refractivity contribution >= 4 is 29.1 Å². The number of rotatable bonds is 5. The molecule has 0 bridgehead atoms. The molecule has 0 aliphatic carbocycles. The number of hydrogen-bond donors (Lipinski definition) is 0. The molecule has 0 amide bonds. The molecular formula is C15H14ClF3N2OS. The van der Waals surface area contributed by atoms with E-state index in [0.717, 1.165) is 4.57 Å². The number of halogens is 4. The first-order valence-corrected chi connectivity index (χ1v) is 8.05. The molecule has 0 radical (unpaired) electrons. The summed E-state index contributed by atoms with van der Waals surface area (Å²) in [5.74, 6) is -0.126. The topological polar surface area (TPSA) is 34.9 Å². The van der Waals surface area contributed by atoms with Crippen LogP contribution in [0.2, 0.25) is 5.02 Å². The summed E-state index contributed by atoms with van der Waals surface area (Å²) in [6.45, 7) is 1.99. The van der Waals surface area contributed by atoms with Crippen LogP contribution in [-0.2, 0) is 6.54 Å². The molecule has 2 rings (SSSR count). The molecule has 2 aromatic rings. The second-order valence-electron chi connectivity index (χ2n) is 5.01. The third-order valence-electron chi connectivity index (χ3n) is 3.26. The molecule has 0 N–H and O–H groups in total. The van der Waals surface area contributed by atoms with E-state index in [1.54, 1.807) is 19.1 Å². The van der Waals surface area contributed by atoms with Crippen LogP contribution in [0.4, 0.5) is 13.2 Å². The van der Waals surface area contributed by atoms with E-state index in [-0.39, 0.29) is 11.5 Å². The number of hydrogen-bond acceptors (Lipinski definition) is 3. The highest BCUT2D eigenvalue weighted by molar-refractivity contribution is 7.99. The van der Waals surface area contributed by atoms with Gasteiger partial charge in [0.1, 0.15) is 6.54 Å². The van der Waals surface area contributed by atoms with Crippen molar-refractivity contribution in [3.05, 3.63) is 46.4 Å². The molecule has 0 aromatic carbocycles. The van der Waals surface area contributed by atoms with Crippen LogP contribution in [0.1, 0.15) is 21.7 Å². The number of alkyl halides is 3. The summed E-state index contributed by atoms with van der Waals surface area (Å²) in [4.78, 5) is 16.3. The molecule has 8 heteroatoms. The number of aryl methyl sites for hydroxylation is 1. The van der Waals surface area contributed by atoms with Gasteiger partial charge >= 0.3 is 6.18 Å². The zero-order valence-electron chi connectivity index (χ0n) is 12.4. The van der Waals surface area contributed by atoms with Gasteiger partial charge in [0.05, 0.1) is 15.8 Å². The molecule has 2 aromatic heterocycles. The Kier molecular flexibility index (Phi) is 5.41. The van der Waals surface area contributed by atoms with E-state index in [4.69, 9.17) is 11.6 Å². The molecule has 23 heavy (non-hydrogen) atoms. The molecule has 0 aliphatic rings. The lowest BCUT2D eigenvalue weighted by Crippen LogP contribution is -2.19. The van der Waals surface area contributed by atoms with E-state index in [1.165, 1.54) is 30.9 Å². The fourth-order valence-electron chi connectivity index (χ4n) is 2.17. The molecule has 0 spiro atoms. The molecule has 124 valence electrons. The summed E-state index contributed by atoms with van der Waals surface area (Å²) in [6, 6.07) is 4.85. The van der Waals surface area contributed by atoms with E-state index >= 15 is 0 Å². The number of carbonyl (C=O) groups is 1. The Bertz CT molecular complexity index is 711. The first kappa shape index (κ1) is 17.9. The van der Waals surface area contributed by atoms with Crippen molar-refractivity contribution in [2.45, 2.75) is 31.6 Å². The number of pyridine rings is 1. The minimum absolute atomic E-state index is 0.102. The molecule has 2 heterocycles. The number of ketones is 1. The van der Waals surface area contributed by atoms with Crippen molar-refractivity contribution in [1.82, 2.24) is 9.55 Å². The van der Waals surface area contributed by atoms with Crippen LogP contribution in [0.3, 0.4) is 0 Å². The zero-order chi connectivity index (χ0) is 17.2. The van der Waals surface area contributed by atoms with Gasteiger partial charge in [-0.05, 0) is 32.0 Å². The minimum Gasteiger partial charge on any atom is -0.339 e. The van der Waals surface area contributed by atoms with E-state index in [9.17, 15) is 18.0 Å². The Morgan fingerprint density at radius 2 is 2.04 bits per heavy atom. The van der Waals surface area contributed by atoms with Crippen LogP contribution < -0.4 is 0 Å². The van der Waals surface area contributed by atoms with Gasteiger partial charge in [-0.2, -0.15) is 13.2 Å². The van der Waals surface area contributed by atoms with E-state index in [1.807, 2.05) is 0 Å². The molecule has 0 saturated heterocycles. The maximum absolute atomic E-state index is 12.6. The molecule has 0 atom stereocenters. The summed E-state index contributed by atoms with van der Waals surface area (Å²) in [5.41, 5.74) is 1.06. The second kappa shape index (κ2) is 6.97. The lowest BCUT2D eigenvalue weighted by atomic mass is 10.2. The van der Waals surface area contributed by atoms with Crippen LogP contribution in [0.5, 0.6) is 0 Å². The van der Waals surface area contributed by atoms with Crippen LogP contribution in [-0.4, -0.2) is 27.3 Å². The van der Waals surface area contributed by atoms with Crippen LogP contribution in [0.25, 0.3) is 0 Å². The van der Waals surface area contributed by atoms with Crippen molar-refractivity contribution in [1.29, 1.82) is 0 Å². The highest BCUT2D eigenvalue weighted by atomic mass is 35.5. The van der Waals surface area contributed by atoms with Crippen molar-refractivity contribution < 1.29 is 18.0 Å². The Morgan fingerprint density at radius 3 is 2.61 bits per heavy atom. The zero-order valence-corrected chi connectivity index (χ0v) is 14.0. The van der Waals surface area contributed by atoms with Gasteiger partial charge in [-0.15, -0.1) is 0 Å². The Hall–Kier alpha value is -1.47. The summed E-state index contributed by atoms with van der Waals surface area (Å²) >= 11 is 6.95. The maximum atomic E-state index is 12.6. The molecule has 3 nitrogen and oxygen atoms in total. The summed E-state index contributed by atoms with van der Waals surface area (Å²) in [7, 11) is 0. The van der Waals surface area contributed by atoms with Gasteiger partial charge in [-0.25, -0.2) is 4.98 Å². The Morgan fingerprint density at radius 1 is 1.35 bits per heavy atom. The van der Waals surface area contributed by atoms with Gasteiger partial charge in [-0.1, -0.05) is 23.4 Å². The third-order valence-corrected chi connectivity index (χ3v) is 4.43. The smallest absolute Gasteiger partial charge is 0.339 e. The first-order valence-electron chi connectivity index (χ1n) is 6.68. The van der Waals surface area contributed by atoms with Crippen LogP contribution >= 0.6 is 23.4 Å². The van der Waals surface area contributed by atoms with E-state index in [0.29, 0.717) is 27.0 Å². The molecule has 0 saturated carbocycles. The van der Waals surface area contributed by atoms with Crippen LogP contribution in [0, 0.1) is 13.8 Å². The number of carbonyl (C=O) groups excluding carboxylic acids is 1.